The molecule has 98 valence electrons. The minimum atomic E-state index is -0.645. The van der Waals surface area contributed by atoms with E-state index < -0.39 is 11.4 Å². The number of hydrogen-bond donors (Lipinski definition) is 1. The smallest absolute Gasteiger partial charge is 0.310 e. The number of hydrogen-bond acceptors (Lipinski definition) is 2. The molecule has 17 heavy (non-hydrogen) atoms. The summed E-state index contributed by atoms with van der Waals surface area (Å²) in [5, 5.41) is 9.22. The number of carboxylic acid groups (broad SMARTS) is 1. The molecule has 1 fully saturated rings. The number of allylic oxidation sites excluding steroid dienone is 1. The molecule has 1 rings (SSSR count). The van der Waals surface area contributed by atoms with Crippen LogP contribution in [-0.4, -0.2) is 35.6 Å². The van der Waals surface area contributed by atoms with E-state index in [1.807, 2.05) is 13.0 Å². The molecule has 0 amide bonds. The van der Waals surface area contributed by atoms with E-state index in [0.29, 0.717) is 6.54 Å². The van der Waals surface area contributed by atoms with Gasteiger partial charge in [0.05, 0.1) is 5.41 Å². The van der Waals surface area contributed by atoms with Crippen molar-refractivity contribution in [2.24, 2.45) is 5.41 Å². The number of likely N-dealkylation sites (tertiary alicyclic amines) is 1. The van der Waals surface area contributed by atoms with E-state index in [0.717, 1.165) is 32.4 Å². The molecule has 1 heterocycles. The maximum absolute atomic E-state index is 11.2. The third-order valence-corrected chi connectivity index (χ3v) is 3.67. The van der Waals surface area contributed by atoms with Gasteiger partial charge in [-0.15, -0.1) is 6.58 Å². The van der Waals surface area contributed by atoms with Crippen LogP contribution in [0, 0.1) is 5.41 Å². The number of carboxylic acids is 1. The fourth-order valence-corrected chi connectivity index (χ4v) is 2.51. The molecule has 0 bridgehead atoms. The van der Waals surface area contributed by atoms with Crippen molar-refractivity contribution in [3.63, 3.8) is 0 Å². The average molecular weight is 239 g/mol. The predicted octanol–water partition coefficient (Wildman–Crippen LogP) is 2.92. The molecule has 3 nitrogen and oxygen atoms in total. The maximum atomic E-state index is 11.2. The molecular formula is C14H25NO2. The van der Waals surface area contributed by atoms with Crippen LogP contribution in [0.3, 0.4) is 0 Å². The second-order valence-corrected chi connectivity index (χ2v) is 5.38. The Morgan fingerprint density at radius 2 is 2.24 bits per heavy atom. The van der Waals surface area contributed by atoms with Gasteiger partial charge in [-0.2, -0.15) is 0 Å². The lowest BCUT2D eigenvalue weighted by atomic mass is 9.82. The van der Waals surface area contributed by atoms with Crippen molar-refractivity contribution in [2.75, 3.05) is 19.6 Å². The van der Waals surface area contributed by atoms with Crippen LogP contribution in [-0.2, 0) is 4.79 Å². The summed E-state index contributed by atoms with van der Waals surface area (Å²) in [5.41, 5.74) is -0.528. The van der Waals surface area contributed by atoms with Gasteiger partial charge in [-0.25, -0.2) is 0 Å². The highest BCUT2D eigenvalue weighted by atomic mass is 16.4. The first kappa shape index (κ1) is 14.2. The van der Waals surface area contributed by atoms with E-state index >= 15 is 0 Å². The van der Waals surface area contributed by atoms with Gasteiger partial charge in [-0.1, -0.05) is 12.5 Å². The molecule has 1 saturated heterocycles. The summed E-state index contributed by atoms with van der Waals surface area (Å²) < 4.78 is 0. The summed E-state index contributed by atoms with van der Waals surface area (Å²) >= 11 is 0. The van der Waals surface area contributed by atoms with Crippen molar-refractivity contribution in [1.82, 2.24) is 4.90 Å². The standard InChI is InChI=1S/C14H25NO2/c1-3-4-5-6-7-10-15-11-8-9-14(2,12-15)13(16)17/h3H,1,4-12H2,2H3,(H,16,17). The van der Waals surface area contributed by atoms with Gasteiger partial charge in [0.15, 0.2) is 0 Å². The first-order chi connectivity index (χ1) is 8.08. The zero-order chi connectivity index (χ0) is 12.7. The SMILES string of the molecule is C=CCCCCCN1CCCC(C)(C(=O)O)C1. The van der Waals surface area contributed by atoms with Gasteiger partial charge in [0.2, 0.25) is 0 Å². The Labute approximate surface area is 105 Å². The molecular weight excluding hydrogens is 214 g/mol. The lowest BCUT2D eigenvalue weighted by Crippen LogP contribution is -2.46. The lowest BCUT2D eigenvalue weighted by molar-refractivity contribution is -0.151. The van der Waals surface area contributed by atoms with Crippen LogP contribution in [0.15, 0.2) is 12.7 Å². The number of carbonyl (C=O) groups is 1. The molecule has 1 atom stereocenters. The normalized spacial score (nSPS) is 25.7. The quantitative estimate of drug-likeness (QED) is 0.548. The van der Waals surface area contributed by atoms with Crippen molar-refractivity contribution in [3.8, 4) is 0 Å². The number of nitrogens with zero attached hydrogens (tertiary/aromatic N) is 1. The molecule has 0 aromatic heterocycles. The fraction of sp³-hybridized carbons (Fsp3) is 0.786. The molecule has 0 radical (unpaired) electrons. The molecule has 3 heteroatoms. The Morgan fingerprint density at radius 1 is 1.47 bits per heavy atom. The molecule has 0 saturated carbocycles. The fourth-order valence-electron chi connectivity index (χ4n) is 2.51. The minimum absolute atomic E-state index is 0.528. The van der Waals surface area contributed by atoms with E-state index in [-0.39, 0.29) is 0 Å². The molecule has 1 N–H and O–H groups in total. The first-order valence-electron chi connectivity index (χ1n) is 6.65. The molecule has 1 aliphatic heterocycles. The lowest BCUT2D eigenvalue weighted by Gasteiger charge is -2.37. The minimum Gasteiger partial charge on any atom is -0.481 e. The topological polar surface area (TPSA) is 40.5 Å². The van der Waals surface area contributed by atoms with E-state index in [2.05, 4.69) is 11.5 Å². The Hall–Kier alpha value is -0.830. The van der Waals surface area contributed by atoms with Gasteiger partial charge >= 0.3 is 5.97 Å². The van der Waals surface area contributed by atoms with Crippen molar-refractivity contribution in [2.45, 2.75) is 45.4 Å². The molecule has 0 aliphatic carbocycles. The van der Waals surface area contributed by atoms with E-state index in [1.54, 1.807) is 0 Å². The predicted molar refractivity (Wildman–Crippen MR) is 70.1 cm³/mol. The Kier molecular flexibility index (Phi) is 5.69. The summed E-state index contributed by atoms with van der Waals surface area (Å²) in [5.74, 6) is -0.645. The molecule has 0 spiro atoms. The van der Waals surface area contributed by atoms with Crippen LogP contribution >= 0.6 is 0 Å². The van der Waals surface area contributed by atoms with Crippen molar-refractivity contribution in [3.05, 3.63) is 12.7 Å². The number of unbranched alkanes of at least 4 members (excludes halogenated alkanes) is 3. The highest BCUT2D eigenvalue weighted by Gasteiger charge is 2.37. The first-order valence-corrected chi connectivity index (χ1v) is 6.65. The van der Waals surface area contributed by atoms with Crippen LogP contribution in [0.25, 0.3) is 0 Å². The maximum Gasteiger partial charge on any atom is 0.310 e. The van der Waals surface area contributed by atoms with Gasteiger partial charge in [0.25, 0.3) is 0 Å². The van der Waals surface area contributed by atoms with Gasteiger partial charge in [0, 0.05) is 6.54 Å². The van der Waals surface area contributed by atoms with Gasteiger partial charge < -0.3 is 10.0 Å². The molecule has 0 aromatic rings. The Morgan fingerprint density at radius 3 is 2.88 bits per heavy atom. The van der Waals surface area contributed by atoms with E-state index in [4.69, 9.17) is 0 Å². The van der Waals surface area contributed by atoms with Gasteiger partial charge in [0.1, 0.15) is 0 Å². The zero-order valence-corrected chi connectivity index (χ0v) is 11.0. The van der Waals surface area contributed by atoms with Crippen LogP contribution in [0.5, 0.6) is 0 Å². The van der Waals surface area contributed by atoms with E-state index in [9.17, 15) is 9.90 Å². The van der Waals surface area contributed by atoms with Crippen LogP contribution < -0.4 is 0 Å². The largest absolute Gasteiger partial charge is 0.481 e. The third-order valence-electron chi connectivity index (χ3n) is 3.67. The summed E-state index contributed by atoms with van der Waals surface area (Å²) in [7, 11) is 0. The molecule has 1 unspecified atom stereocenters. The second-order valence-electron chi connectivity index (χ2n) is 5.38. The summed E-state index contributed by atoms with van der Waals surface area (Å²) in [6.07, 6.45) is 8.46. The van der Waals surface area contributed by atoms with Gasteiger partial charge in [-0.05, 0) is 52.1 Å². The highest BCUT2D eigenvalue weighted by Crippen LogP contribution is 2.29. The van der Waals surface area contributed by atoms with Crippen molar-refractivity contribution >= 4 is 5.97 Å². The van der Waals surface area contributed by atoms with Crippen LogP contribution in [0.2, 0.25) is 0 Å². The highest BCUT2D eigenvalue weighted by molar-refractivity contribution is 5.74. The molecule has 0 aromatic carbocycles. The van der Waals surface area contributed by atoms with Crippen LogP contribution in [0.4, 0.5) is 0 Å². The molecule has 1 aliphatic rings. The Bertz CT molecular complexity index is 265. The van der Waals surface area contributed by atoms with E-state index in [1.165, 1.54) is 19.3 Å². The Balaban J connectivity index is 2.25. The summed E-state index contributed by atoms with van der Waals surface area (Å²) in [4.78, 5) is 13.5. The van der Waals surface area contributed by atoms with Crippen molar-refractivity contribution < 1.29 is 9.90 Å². The average Bonchev–Trinajstić information content (AvgIpc) is 2.29. The van der Waals surface area contributed by atoms with Crippen molar-refractivity contribution in [1.29, 1.82) is 0 Å². The number of rotatable bonds is 7. The monoisotopic (exact) mass is 239 g/mol. The zero-order valence-electron chi connectivity index (χ0n) is 11.0. The third kappa shape index (κ3) is 4.50. The summed E-state index contributed by atoms with van der Waals surface area (Å²) in [6, 6.07) is 0. The summed E-state index contributed by atoms with van der Waals surface area (Å²) in [6.45, 7) is 8.40. The van der Waals surface area contributed by atoms with Gasteiger partial charge in [-0.3, -0.25) is 4.79 Å². The number of piperidine rings is 1. The number of aliphatic carboxylic acids is 1. The van der Waals surface area contributed by atoms with Crippen LogP contribution in [0.1, 0.15) is 45.4 Å². The second kappa shape index (κ2) is 6.80.